The Labute approximate surface area is 181 Å². The molecule has 0 radical (unpaired) electrons. The lowest BCUT2D eigenvalue weighted by Gasteiger charge is -2.32. The van der Waals surface area contributed by atoms with E-state index in [1.54, 1.807) is 38.1 Å². The first-order valence-electron chi connectivity index (χ1n) is 10.5. The van der Waals surface area contributed by atoms with Gasteiger partial charge in [-0.05, 0) is 63.0 Å². The van der Waals surface area contributed by atoms with E-state index in [4.69, 9.17) is 5.73 Å². The van der Waals surface area contributed by atoms with Crippen LogP contribution < -0.4 is 15.8 Å². The van der Waals surface area contributed by atoms with E-state index in [2.05, 4.69) is 15.0 Å². The summed E-state index contributed by atoms with van der Waals surface area (Å²) in [4.78, 5) is 29.5. The highest BCUT2D eigenvalue weighted by molar-refractivity contribution is 7.89. The highest BCUT2D eigenvalue weighted by Crippen LogP contribution is 2.69. The highest BCUT2D eigenvalue weighted by Gasteiger charge is 2.70. The van der Waals surface area contributed by atoms with Crippen LogP contribution in [0.3, 0.4) is 0 Å². The zero-order valence-electron chi connectivity index (χ0n) is 17.5. The number of benzene rings is 1. The number of fused-ring (bicyclic) bond motifs is 1. The van der Waals surface area contributed by atoms with E-state index in [1.165, 1.54) is 12.3 Å². The third kappa shape index (κ3) is 2.90. The molecule has 5 atom stereocenters. The van der Waals surface area contributed by atoms with Gasteiger partial charge >= 0.3 is 0 Å². The van der Waals surface area contributed by atoms with Gasteiger partial charge in [-0.15, -0.1) is 0 Å². The topological polar surface area (TPSA) is 131 Å². The van der Waals surface area contributed by atoms with Crippen LogP contribution in [0.15, 0.2) is 41.4 Å². The van der Waals surface area contributed by atoms with E-state index in [-0.39, 0.29) is 28.7 Å². The molecule has 0 saturated heterocycles. The molecule has 0 aliphatic heterocycles. The third-order valence-corrected chi connectivity index (χ3v) is 9.31. The minimum absolute atomic E-state index is 0.0290. The molecule has 6 rings (SSSR count). The van der Waals surface area contributed by atoms with Gasteiger partial charge in [-0.2, -0.15) is 4.72 Å². The summed E-state index contributed by atoms with van der Waals surface area (Å²) in [6.07, 6.45) is 3.96. The van der Waals surface area contributed by atoms with Crippen LogP contribution in [-0.4, -0.2) is 36.8 Å². The molecular weight excluding hydrogens is 416 g/mol. The van der Waals surface area contributed by atoms with Crippen molar-refractivity contribution in [3.05, 3.63) is 36.5 Å². The Morgan fingerprint density at radius 3 is 2.61 bits per heavy atom. The fourth-order valence-electron chi connectivity index (χ4n) is 6.27. The summed E-state index contributed by atoms with van der Waals surface area (Å²) < 4.78 is 28.9. The van der Waals surface area contributed by atoms with E-state index in [0.717, 1.165) is 19.3 Å². The summed E-state index contributed by atoms with van der Waals surface area (Å²) in [5, 5.41) is 3.74. The highest BCUT2D eigenvalue weighted by atomic mass is 32.2. The molecule has 1 heterocycles. The lowest BCUT2D eigenvalue weighted by atomic mass is 9.79. The van der Waals surface area contributed by atoms with Crippen LogP contribution in [0.2, 0.25) is 0 Å². The monoisotopic (exact) mass is 442 g/mol. The Hall–Kier alpha value is -2.52. The SMILES string of the molecule is CC(C)(NS(=O)(=O)c1cccc2cccnc12)C(=O)NC1C2CC3(C(N)=O)CC2CC13. The number of para-hydroxylation sites is 1. The summed E-state index contributed by atoms with van der Waals surface area (Å²) in [6, 6.07) is 8.30. The zero-order valence-corrected chi connectivity index (χ0v) is 18.3. The van der Waals surface area contributed by atoms with E-state index in [1.807, 2.05) is 0 Å². The normalized spacial score (nSPS) is 31.4. The molecule has 31 heavy (non-hydrogen) atoms. The Morgan fingerprint density at radius 1 is 1.19 bits per heavy atom. The van der Waals surface area contributed by atoms with E-state index >= 15 is 0 Å². The molecule has 1 aromatic carbocycles. The second-order valence-electron chi connectivity index (χ2n) is 9.76. The average molecular weight is 443 g/mol. The molecule has 4 aliphatic rings. The van der Waals surface area contributed by atoms with Crippen LogP contribution in [0.4, 0.5) is 0 Å². The quantitative estimate of drug-likeness (QED) is 0.621. The molecule has 8 nitrogen and oxygen atoms in total. The lowest BCUT2D eigenvalue weighted by Crippen LogP contribution is -2.58. The number of amides is 2. The number of primary amides is 1. The summed E-state index contributed by atoms with van der Waals surface area (Å²) in [7, 11) is -4.01. The number of hydrogen-bond donors (Lipinski definition) is 3. The molecule has 0 spiro atoms. The number of aromatic nitrogens is 1. The van der Waals surface area contributed by atoms with Gasteiger partial charge in [-0.1, -0.05) is 18.2 Å². The van der Waals surface area contributed by atoms with Crippen LogP contribution in [-0.2, 0) is 19.6 Å². The van der Waals surface area contributed by atoms with E-state index in [0.29, 0.717) is 16.8 Å². The van der Waals surface area contributed by atoms with Crippen LogP contribution in [0, 0.1) is 23.2 Å². The first-order chi connectivity index (χ1) is 14.6. The van der Waals surface area contributed by atoms with Crippen molar-refractivity contribution in [2.45, 2.75) is 49.6 Å². The summed E-state index contributed by atoms with van der Waals surface area (Å²) in [5.41, 5.74) is 4.17. The van der Waals surface area contributed by atoms with E-state index < -0.39 is 26.9 Å². The Bertz CT molecular complexity index is 1210. The molecular formula is C22H26N4O4S. The maximum absolute atomic E-state index is 13.2. The molecule has 2 aromatic rings. The van der Waals surface area contributed by atoms with Crippen molar-refractivity contribution in [3.8, 4) is 0 Å². The van der Waals surface area contributed by atoms with Gasteiger partial charge in [0.05, 0.1) is 10.9 Å². The van der Waals surface area contributed by atoms with Crippen molar-refractivity contribution in [2.75, 3.05) is 0 Å². The van der Waals surface area contributed by atoms with Crippen LogP contribution in [0.5, 0.6) is 0 Å². The number of nitrogens with two attached hydrogens (primary N) is 1. The maximum atomic E-state index is 13.2. The van der Waals surface area contributed by atoms with Gasteiger partial charge in [0, 0.05) is 17.6 Å². The molecule has 4 bridgehead atoms. The fraction of sp³-hybridized carbons (Fsp3) is 0.500. The molecule has 4 saturated carbocycles. The summed E-state index contributed by atoms with van der Waals surface area (Å²) >= 11 is 0. The maximum Gasteiger partial charge on any atom is 0.243 e. The minimum Gasteiger partial charge on any atom is -0.369 e. The first kappa shape index (κ1) is 20.4. The molecule has 2 amide bonds. The van der Waals surface area contributed by atoms with Crippen molar-refractivity contribution in [1.29, 1.82) is 0 Å². The van der Waals surface area contributed by atoms with Crippen LogP contribution in [0.1, 0.15) is 33.1 Å². The zero-order chi connectivity index (χ0) is 22.2. The van der Waals surface area contributed by atoms with Crippen LogP contribution >= 0.6 is 0 Å². The summed E-state index contributed by atoms with van der Waals surface area (Å²) in [5.74, 6) is -0.00568. The molecule has 1 aromatic heterocycles. The van der Waals surface area contributed by atoms with E-state index in [9.17, 15) is 18.0 Å². The van der Waals surface area contributed by atoms with Gasteiger partial charge in [-0.25, -0.2) is 8.42 Å². The van der Waals surface area contributed by atoms with Crippen molar-refractivity contribution in [2.24, 2.45) is 28.9 Å². The predicted octanol–water partition coefficient (Wildman–Crippen LogP) is 1.31. The molecule has 4 aliphatic carbocycles. The number of carbonyl (C=O) groups excluding carboxylic acids is 2. The van der Waals surface area contributed by atoms with Crippen LogP contribution in [0.25, 0.3) is 10.9 Å². The molecule has 4 fully saturated rings. The smallest absolute Gasteiger partial charge is 0.243 e. The Kier molecular flexibility index (Phi) is 4.27. The fourth-order valence-corrected chi connectivity index (χ4v) is 7.82. The van der Waals surface area contributed by atoms with Crippen molar-refractivity contribution in [3.63, 3.8) is 0 Å². The number of hydrogen-bond acceptors (Lipinski definition) is 5. The molecule has 4 N–H and O–H groups in total. The van der Waals surface area contributed by atoms with Crippen molar-refractivity contribution in [1.82, 2.24) is 15.0 Å². The predicted molar refractivity (Wildman–Crippen MR) is 114 cm³/mol. The largest absolute Gasteiger partial charge is 0.369 e. The van der Waals surface area contributed by atoms with Gasteiger partial charge in [0.2, 0.25) is 21.8 Å². The van der Waals surface area contributed by atoms with Gasteiger partial charge < -0.3 is 11.1 Å². The summed E-state index contributed by atoms with van der Waals surface area (Å²) in [6.45, 7) is 3.08. The number of rotatable bonds is 6. The Balaban J connectivity index is 1.36. The molecule has 9 heteroatoms. The van der Waals surface area contributed by atoms with Gasteiger partial charge in [0.1, 0.15) is 10.4 Å². The number of carbonyl (C=O) groups is 2. The number of sulfonamides is 1. The second-order valence-corrected chi connectivity index (χ2v) is 11.4. The van der Waals surface area contributed by atoms with Gasteiger partial charge in [0.25, 0.3) is 0 Å². The van der Waals surface area contributed by atoms with Gasteiger partial charge in [0.15, 0.2) is 0 Å². The second kappa shape index (κ2) is 6.49. The standard InChI is InChI=1S/C22H26N4O4S/c1-21(2,26-31(29,30)16-7-3-5-12-6-4-8-24-17(12)16)20(28)25-18-14-11-22(19(23)27)10-13(14)9-15(18)22/h3-8,13-15,18,26H,9-11H2,1-2H3,(H2,23,27)(H,25,28). The van der Waals surface area contributed by atoms with Crippen molar-refractivity contribution < 1.29 is 18.0 Å². The number of nitrogens with zero attached hydrogens (tertiary/aromatic N) is 1. The average Bonchev–Trinajstić information content (AvgIpc) is 3.42. The minimum atomic E-state index is -4.01. The van der Waals surface area contributed by atoms with Crippen molar-refractivity contribution >= 4 is 32.7 Å². The molecule has 5 unspecified atom stereocenters. The lowest BCUT2D eigenvalue weighted by molar-refractivity contribution is -0.130. The van der Waals surface area contributed by atoms with Gasteiger partial charge in [-0.3, -0.25) is 14.6 Å². The molecule has 164 valence electrons. The number of nitrogens with one attached hydrogen (secondary N) is 2. The number of pyridine rings is 1. The third-order valence-electron chi connectivity index (χ3n) is 7.62. The first-order valence-corrected chi connectivity index (χ1v) is 12.0. The Morgan fingerprint density at radius 2 is 1.94 bits per heavy atom.